The summed E-state index contributed by atoms with van der Waals surface area (Å²) in [7, 11) is 4.06. The molecule has 2 N–H and O–H groups in total. The molecule has 4 nitrogen and oxygen atoms in total. The molecule has 0 bridgehead atoms. The van der Waals surface area contributed by atoms with Crippen molar-refractivity contribution in [1.29, 1.82) is 0 Å². The zero-order valence-corrected chi connectivity index (χ0v) is 16.4. The number of rotatable bonds is 7. The lowest BCUT2D eigenvalue weighted by Gasteiger charge is -2.24. The average molecular weight is 357 g/mol. The first-order valence-corrected chi connectivity index (χ1v) is 9.04. The minimum atomic E-state index is 0.651. The summed E-state index contributed by atoms with van der Waals surface area (Å²) in [6.45, 7) is 6.96. The van der Waals surface area contributed by atoms with E-state index in [2.05, 4.69) is 70.7 Å². The van der Waals surface area contributed by atoms with Gasteiger partial charge in [-0.05, 0) is 68.0 Å². The first-order chi connectivity index (χ1) is 12.0. The third-order valence-corrected chi connectivity index (χ3v) is 4.30. The lowest BCUT2D eigenvalue weighted by molar-refractivity contribution is 0.779. The van der Waals surface area contributed by atoms with Crippen LogP contribution in [0.3, 0.4) is 0 Å². The standard InChI is InChI=1S/C20H28N4S/c1-5-24(19-8-6-7-16(2)15-19)14-13-21-20(25)22-17-9-11-18(12-10-17)23(3)4/h6-12,15H,5,13-14H2,1-4H3,(H2,21,22,25). The van der Waals surface area contributed by atoms with Gasteiger partial charge in [0, 0.05) is 50.8 Å². The maximum Gasteiger partial charge on any atom is 0.170 e. The van der Waals surface area contributed by atoms with Crippen LogP contribution < -0.4 is 20.4 Å². The molecule has 0 unspecified atom stereocenters. The molecule has 0 saturated heterocycles. The molecular formula is C20H28N4S. The first-order valence-electron chi connectivity index (χ1n) is 8.63. The second kappa shape index (κ2) is 9.28. The van der Waals surface area contributed by atoms with Crippen molar-refractivity contribution < 1.29 is 0 Å². The number of benzene rings is 2. The number of anilines is 3. The zero-order valence-electron chi connectivity index (χ0n) is 15.5. The zero-order chi connectivity index (χ0) is 18.2. The van der Waals surface area contributed by atoms with Gasteiger partial charge in [0.05, 0.1) is 0 Å². The largest absolute Gasteiger partial charge is 0.378 e. The van der Waals surface area contributed by atoms with Crippen LogP contribution in [0.2, 0.25) is 0 Å². The number of likely N-dealkylation sites (N-methyl/N-ethyl adjacent to an activating group) is 1. The summed E-state index contributed by atoms with van der Waals surface area (Å²) in [5.74, 6) is 0. The van der Waals surface area contributed by atoms with Crippen molar-refractivity contribution in [1.82, 2.24) is 5.32 Å². The summed E-state index contributed by atoms with van der Waals surface area (Å²) in [5, 5.41) is 7.17. The Bertz CT molecular complexity index is 682. The highest BCUT2D eigenvalue weighted by molar-refractivity contribution is 7.80. The van der Waals surface area contributed by atoms with E-state index in [0.717, 1.165) is 25.3 Å². The van der Waals surface area contributed by atoms with Crippen LogP contribution >= 0.6 is 12.2 Å². The monoisotopic (exact) mass is 356 g/mol. The summed E-state index contributed by atoms with van der Waals surface area (Å²) < 4.78 is 0. The van der Waals surface area contributed by atoms with Crippen molar-refractivity contribution in [2.24, 2.45) is 0 Å². The molecular weight excluding hydrogens is 328 g/mol. The fourth-order valence-electron chi connectivity index (χ4n) is 2.62. The summed E-state index contributed by atoms with van der Waals surface area (Å²) in [6, 6.07) is 16.8. The minimum Gasteiger partial charge on any atom is -0.378 e. The molecule has 0 spiro atoms. The number of nitrogens with one attached hydrogen (secondary N) is 2. The van der Waals surface area contributed by atoms with Gasteiger partial charge in [0.15, 0.2) is 5.11 Å². The van der Waals surface area contributed by atoms with Crippen molar-refractivity contribution >= 4 is 34.4 Å². The predicted molar refractivity (Wildman–Crippen MR) is 114 cm³/mol. The van der Waals surface area contributed by atoms with E-state index in [1.165, 1.54) is 16.9 Å². The fraction of sp³-hybridized carbons (Fsp3) is 0.350. The molecule has 0 atom stereocenters. The maximum atomic E-state index is 5.40. The smallest absolute Gasteiger partial charge is 0.170 e. The third kappa shape index (κ3) is 5.94. The van der Waals surface area contributed by atoms with Crippen LogP contribution in [-0.2, 0) is 0 Å². The van der Waals surface area contributed by atoms with Gasteiger partial charge in [-0.2, -0.15) is 0 Å². The Kier molecular flexibility index (Phi) is 7.07. The van der Waals surface area contributed by atoms with Crippen molar-refractivity contribution in [3.05, 3.63) is 54.1 Å². The fourth-order valence-corrected chi connectivity index (χ4v) is 2.84. The van der Waals surface area contributed by atoms with Crippen LogP contribution in [0.1, 0.15) is 12.5 Å². The highest BCUT2D eigenvalue weighted by atomic mass is 32.1. The summed E-state index contributed by atoms with van der Waals surface area (Å²) >= 11 is 5.40. The second-order valence-electron chi connectivity index (χ2n) is 6.24. The molecule has 0 heterocycles. The predicted octanol–water partition coefficient (Wildman–Crippen LogP) is 3.87. The Hall–Kier alpha value is -2.27. The van der Waals surface area contributed by atoms with Gasteiger partial charge >= 0.3 is 0 Å². The SMILES string of the molecule is CCN(CCNC(=S)Nc1ccc(N(C)C)cc1)c1cccc(C)c1. The van der Waals surface area contributed by atoms with Gasteiger partial charge in [0.2, 0.25) is 0 Å². The van der Waals surface area contributed by atoms with E-state index >= 15 is 0 Å². The number of thiocarbonyl (C=S) groups is 1. The highest BCUT2D eigenvalue weighted by Crippen LogP contribution is 2.16. The van der Waals surface area contributed by atoms with Gasteiger partial charge in [-0.15, -0.1) is 0 Å². The molecule has 0 aliphatic rings. The molecule has 0 saturated carbocycles. The van der Waals surface area contributed by atoms with Crippen LogP contribution in [0, 0.1) is 6.92 Å². The third-order valence-electron chi connectivity index (χ3n) is 4.06. The first kappa shape index (κ1) is 19.1. The van der Waals surface area contributed by atoms with Crippen LogP contribution in [0.25, 0.3) is 0 Å². The van der Waals surface area contributed by atoms with Gasteiger partial charge < -0.3 is 20.4 Å². The molecule has 0 aromatic heterocycles. The Balaban J connectivity index is 1.81. The number of hydrogen-bond donors (Lipinski definition) is 2. The van der Waals surface area contributed by atoms with Crippen LogP contribution in [0.5, 0.6) is 0 Å². The van der Waals surface area contributed by atoms with Crippen molar-refractivity contribution in [3.8, 4) is 0 Å². The maximum absolute atomic E-state index is 5.40. The molecule has 2 aromatic carbocycles. The molecule has 2 rings (SSSR count). The van der Waals surface area contributed by atoms with Crippen molar-refractivity contribution in [2.45, 2.75) is 13.8 Å². The molecule has 0 radical (unpaired) electrons. The molecule has 5 heteroatoms. The lowest BCUT2D eigenvalue weighted by atomic mass is 10.2. The minimum absolute atomic E-state index is 0.651. The quantitative estimate of drug-likeness (QED) is 0.736. The Morgan fingerprint density at radius 1 is 1.04 bits per heavy atom. The molecule has 0 amide bonds. The van der Waals surface area contributed by atoms with Gasteiger partial charge in [-0.3, -0.25) is 0 Å². The van der Waals surface area contributed by atoms with E-state index in [-0.39, 0.29) is 0 Å². The molecule has 0 aliphatic carbocycles. The van der Waals surface area contributed by atoms with E-state index in [1.54, 1.807) is 0 Å². The highest BCUT2D eigenvalue weighted by Gasteiger charge is 2.05. The summed E-state index contributed by atoms with van der Waals surface area (Å²) in [5.41, 5.74) is 4.69. The molecule has 25 heavy (non-hydrogen) atoms. The Morgan fingerprint density at radius 2 is 1.76 bits per heavy atom. The number of aryl methyl sites for hydroxylation is 1. The topological polar surface area (TPSA) is 30.5 Å². The van der Waals surface area contributed by atoms with Crippen molar-refractivity contribution in [2.75, 3.05) is 48.8 Å². The van der Waals surface area contributed by atoms with Gasteiger partial charge in [0.1, 0.15) is 0 Å². The van der Waals surface area contributed by atoms with E-state index < -0.39 is 0 Å². The molecule has 0 aliphatic heterocycles. The molecule has 0 fully saturated rings. The van der Waals surface area contributed by atoms with Crippen LogP contribution in [0.15, 0.2) is 48.5 Å². The number of nitrogens with zero attached hydrogens (tertiary/aromatic N) is 2. The van der Waals surface area contributed by atoms with Crippen LogP contribution in [-0.4, -0.2) is 38.8 Å². The molecule has 2 aromatic rings. The molecule has 134 valence electrons. The van der Waals surface area contributed by atoms with Gasteiger partial charge in [-0.25, -0.2) is 0 Å². The summed E-state index contributed by atoms with van der Waals surface area (Å²) in [4.78, 5) is 4.42. The average Bonchev–Trinajstić information content (AvgIpc) is 2.59. The van der Waals surface area contributed by atoms with Crippen LogP contribution in [0.4, 0.5) is 17.1 Å². The second-order valence-corrected chi connectivity index (χ2v) is 6.65. The van der Waals surface area contributed by atoms with E-state index in [9.17, 15) is 0 Å². The van der Waals surface area contributed by atoms with Gasteiger partial charge in [0.25, 0.3) is 0 Å². The Labute approximate surface area is 156 Å². The number of hydrogen-bond acceptors (Lipinski definition) is 3. The van der Waals surface area contributed by atoms with Gasteiger partial charge in [-0.1, -0.05) is 12.1 Å². The van der Waals surface area contributed by atoms with E-state index in [4.69, 9.17) is 12.2 Å². The lowest BCUT2D eigenvalue weighted by Crippen LogP contribution is -2.36. The Morgan fingerprint density at radius 3 is 2.36 bits per heavy atom. The van der Waals surface area contributed by atoms with E-state index in [1.807, 2.05) is 26.2 Å². The van der Waals surface area contributed by atoms with Crippen molar-refractivity contribution in [3.63, 3.8) is 0 Å². The normalized spacial score (nSPS) is 10.2. The van der Waals surface area contributed by atoms with E-state index in [0.29, 0.717) is 5.11 Å². The summed E-state index contributed by atoms with van der Waals surface area (Å²) in [6.07, 6.45) is 0.